The zero-order valence-corrected chi connectivity index (χ0v) is 16.2. The lowest BCUT2D eigenvalue weighted by molar-refractivity contribution is -0.142. The summed E-state index contributed by atoms with van der Waals surface area (Å²) in [7, 11) is 0. The first-order chi connectivity index (χ1) is 13.6. The molecule has 3 rings (SSSR count). The Morgan fingerprint density at radius 2 is 1.79 bits per heavy atom. The van der Waals surface area contributed by atoms with Gasteiger partial charge >= 0.3 is 5.97 Å². The van der Waals surface area contributed by atoms with Crippen LogP contribution in [0.25, 0.3) is 5.69 Å². The van der Waals surface area contributed by atoms with E-state index in [1.54, 1.807) is 36.6 Å². The number of aryl methyl sites for hydroxylation is 1. The summed E-state index contributed by atoms with van der Waals surface area (Å²) in [5.74, 6) is -6.11. The van der Waals surface area contributed by atoms with E-state index >= 15 is 0 Å². The van der Waals surface area contributed by atoms with Crippen LogP contribution in [0.15, 0.2) is 30.3 Å². The molecule has 1 aromatic carbocycles. The van der Waals surface area contributed by atoms with Crippen LogP contribution in [0.3, 0.4) is 0 Å². The third-order valence-corrected chi connectivity index (χ3v) is 5.55. The number of benzene rings is 1. The molecule has 2 atom stereocenters. The van der Waals surface area contributed by atoms with Crippen LogP contribution in [0.5, 0.6) is 0 Å². The Morgan fingerprint density at radius 1 is 1.14 bits per heavy atom. The normalized spacial score (nSPS) is 21.4. The molecule has 2 aromatic rings. The lowest BCUT2D eigenvalue weighted by Gasteiger charge is -2.25. The summed E-state index contributed by atoms with van der Waals surface area (Å²) in [6, 6.07) is 5.93. The van der Waals surface area contributed by atoms with Gasteiger partial charge in [-0.1, -0.05) is 0 Å². The summed E-state index contributed by atoms with van der Waals surface area (Å²) in [6.07, 6.45) is -0.714. The fourth-order valence-electron chi connectivity index (χ4n) is 3.91. The summed E-state index contributed by atoms with van der Waals surface area (Å²) in [5, 5.41) is 11.5. The zero-order chi connectivity index (χ0) is 21.3. The number of carbonyl (C=O) groups is 2. The van der Waals surface area contributed by atoms with E-state index in [0.717, 1.165) is 0 Å². The van der Waals surface area contributed by atoms with E-state index in [0.29, 0.717) is 17.1 Å². The molecule has 29 heavy (non-hydrogen) atoms. The van der Waals surface area contributed by atoms with Gasteiger partial charge in [0.1, 0.15) is 5.82 Å². The molecule has 0 bridgehead atoms. The van der Waals surface area contributed by atoms with Gasteiger partial charge < -0.3 is 15.0 Å². The van der Waals surface area contributed by atoms with Gasteiger partial charge in [-0.05, 0) is 63.4 Å². The standard InChI is InChI=1S/C21H23F3N2O3/c1-12-11-17(13(2)26(12)16-6-4-15(22)5-7-16)19(27)25-18-8-3-14(20(28)29)9-10-21(18,23)24/h4-7,11,14,18H,3,8-10H2,1-2H3,(H,25,27)(H,28,29)/t14-,18-/m1/s1. The molecule has 8 heteroatoms. The molecule has 1 aromatic heterocycles. The van der Waals surface area contributed by atoms with E-state index in [9.17, 15) is 22.8 Å². The van der Waals surface area contributed by atoms with Gasteiger partial charge in [-0.15, -0.1) is 0 Å². The highest BCUT2D eigenvalue weighted by atomic mass is 19.3. The molecule has 156 valence electrons. The minimum atomic E-state index is -3.18. The van der Waals surface area contributed by atoms with E-state index in [4.69, 9.17) is 5.11 Å². The Morgan fingerprint density at radius 3 is 2.41 bits per heavy atom. The topological polar surface area (TPSA) is 71.3 Å². The molecule has 1 fully saturated rings. The Hall–Kier alpha value is -2.77. The summed E-state index contributed by atoms with van der Waals surface area (Å²) < 4.78 is 43.9. The average Bonchev–Trinajstić information content (AvgIpc) is 2.85. The first kappa shape index (κ1) is 21.0. The fraction of sp³-hybridized carbons (Fsp3) is 0.429. The lowest BCUT2D eigenvalue weighted by Crippen LogP contribution is -2.47. The molecule has 1 aliphatic carbocycles. The van der Waals surface area contributed by atoms with Gasteiger partial charge in [-0.2, -0.15) is 0 Å². The number of halogens is 3. The van der Waals surface area contributed by atoms with Crippen molar-refractivity contribution < 1.29 is 27.9 Å². The van der Waals surface area contributed by atoms with Gasteiger partial charge in [0.25, 0.3) is 11.8 Å². The Balaban J connectivity index is 1.83. The molecule has 1 amide bonds. The van der Waals surface area contributed by atoms with Gasteiger partial charge in [0.2, 0.25) is 0 Å². The summed E-state index contributed by atoms with van der Waals surface area (Å²) >= 11 is 0. The predicted octanol–water partition coefficient (Wildman–Crippen LogP) is 4.24. The van der Waals surface area contributed by atoms with Gasteiger partial charge in [-0.3, -0.25) is 9.59 Å². The molecule has 1 heterocycles. The van der Waals surface area contributed by atoms with E-state index in [2.05, 4.69) is 5.32 Å². The van der Waals surface area contributed by atoms with Crippen LogP contribution in [0.1, 0.15) is 47.4 Å². The maximum atomic E-state index is 14.5. The molecule has 1 aliphatic rings. The second-order valence-electron chi connectivity index (χ2n) is 7.53. The number of carboxylic acid groups (broad SMARTS) is 1. The third-order valence-electron chi connectivity index (χ3n) is 5.55. The van der Waals surface area contributed by atoms with Crippen molar-refractivity contribution in [2.24, 2.45) is 5.92 Å². The van der Waals surface area contributed by atoms with E-state index in [-0.39, 0.29) is 30.6 Å². The highest BCUT2D eigenvalue weighted by Gasteiger charge is 2.44. The number of alkyl halides is 2. The summed E-state index contributed by atoms with van der Waals surface area (Å²) in [4.78, 5) is 23.9. The van der Waals surface area contributed by atoms with Crippen LogP contribution in [0.2, 0.25) is 0 Å². The average molecular weight is 408 g/mol. The maximum absolute atomic E-state index is 14.5. The van der Waals surface area contributed by atoms with Crippen molar-refractivity contribution >= 4 is 11.9 Å². The van der Waals surface area contributed by atoms with Crippen molar-refractivity contribution in [1.82, 2.24) is 9.88 Å². The van der Waals surface area contributed by atoms with Crippen molar-refractivity contribution in [2.45, 2.75) is 51.5 Å². The quantitative estimate of drug-likeness (QED) is 0.744. The van der Waals surface area contributed by atoms with Gasteiger partial charge in [-0.25, -0.2) is 13.2 Å². The first-order valence-electron chi connectivity index (χ1n) is 9.46. The molecule has 0 saturated heterocycles. The van der Waals surface area contributed by atoms with Crippen LogP contribution < -0.4 is 5.32 Å². The van der Waals surface area contributed by atoms with Crippen LogP contribution >= 0.6 is 0 Å². The summed E-state index contributed by atoms with van der Waals surface area (Å²) in [6.45, 7) is 3.46. The van der Waals surface area contributed by atoms with Crippen molar-refractivity contribution in [3.05, 3.63) is 53.1 Å². The number of carbonyl (C=O) groups excluding carboxylic acids is 1. The van der Waals surface area contributed by atoms with Crippen molar-refractivity contribution in [3.63, 3.8) is 0 Å². The molecule has 0 aliphatic heterocycles. The molecule has 0 unspecified atom stereocenters. The van der Waals surface area contributed by atoms with Crippen LogP contribution in [0.4, 0.5) is 13.2 Å². The number of aromatic nitrogens is 1. The van der Waals surface area contributed by atoms with E-state index in [1.165, 1.54) is 12.1 Å². The number of amides is 1. The molecular weight excluding hydrogens is 385 g/mol. The predicted molar refractivity (Wildman–Crippen MR) is 101 cm³/mol. The first-order valence-corrected chi connectivity index (χ1v) is 9.46. The van der Waals surface area contributed by atoms with Crippen molar-refractivity contribution in [3.8, 4) is 5.69 Å². The minimum Gasteiger partial charge on any atom is -0.481 e. The number of carboxylic acids is 1. The number of rotatable bonds is 4. The minimum absolute atomic E-state index is 0.0878. The van der Waals surface area contributed by atoms with E-state index in [1.807, 2.05) is 0 Å². The Kier molecular flexibility index (Phi) is 5.73. The molecular formula is C21H23F3N2O3. The number of hydrogen-bond donors (Lipinski definition) is 2. The third kappa shape index (κ3) is 4.31. The lowest BCUT2D eigenvalue weighted by atomic mass is 10.0. The highest BCUT2D eigenvalue weighted by molar-refractivity contribution is 5.96. The van der Waals surface area contributed by atoms with Crippen LogP contribution in [-0.4, -0.2) is 33.5 Å². The van der Waals surface area contributed by atoms with Crippen LogP contribution in [0, 0.1) is 25.6 Å². The molecule has 2 N–H and O–H groups in total. The zero-order valence-electron chi connectivity index (χ0n) is 16.2. The smallest absolute Gasteiger partial charge is 0.306 e. The summed E-state index contributed by atoms with van der Waals surface area (Å²) in [5.41, 5.74) is 2.16. The number of aliphatic carboxylic acids is 1. The van der Waals surface area contributed by atoms with Crippen molar-refractivity contribution in [1.29, 1.82) is 0 Å². The number of hydrogen-bond acceptors (Lipinski definition) is 2. The van der Waals surface area contributed by atoms with Crippen molar-refractivity contribution in [2.75, 3.05) is 0 Å². The number of nitrogens with zero attached hydrogens (tertiary/aromatic N) is 1. The molecule has 5 nitrogen and oxygen atoms in total. The molecule has 1 saturated carbocycles. The fourth-order valence-corrected chi connectivity index (χ4v) is 3.91. The van der Waals surface area contributed by atoms with Gasteiger partial charge in [0, 0.05) is 23.5 Å². The second-order valence-corrected chi connectivity index (χ2v) is 7.53. The monoisotopic (exact) mass is 408 g/mol. The molecule has 0 spiro atoms. The van der Waals surface area contributed by atoms with E-state index < -0.39 is 36.2 Å². The van der Waals surface area contributed by atoms with Gasteiger partial charge in [0.15, 0.2) is 0 Å². The van der Waals surface area contributed by atoms with Gasteiger partial charge in [0.05, 0.1) is 17.5 Å². The molecule has 0 radical (unpaired) electrons. The Labute approximate surface area is 166 Å². The Bertz CT molecular complexity index is 922. The second kappa shape index (κ2) is 7.93. The number of nitrogens with one attached hydrogen (secondary N) is 1. The highest BCUT2D eigenvalue weighted by Crippen LogP contribution is 2.35. The maximum Gasteiger partial charge on any atom is 0.306 e. The SMILES string of the molecule is Cc1cc(C(=O)N[C@@H]2CC[C@@H](C(=O)O)CCC2(F)F)c(C)n1-c1ccc(F)cc1. The largest absolute Gasteiger partial charge is 0.481 e. The van der Waals surface area contributed by atoms with Crippen LogP contribution in [-0.2, 0) is 4.79 Å².